The Labute approximate surface area is 181 Å². The lowest BCUT2D eigenvalue weighted by Gasteiger charge is -2.37. The van der Waals surface area contributed by atoms with Gasteiger partial charge in [-0.15, -0.1) is 0 Å². The molecule has 1 aliphatic heterocycles. The van der Waals surface area contributed by atoms with E-state index in [4.69, 9.17) is 4.74 Å². The summed E-state index contributed by atoms with van der Waals surface area (Å²) < 4.78 is 33.6. The van der Waals surface area contributed by atoms with Gasteiger partial charge in [-0.25, -0.2) is 8.42 Å². The molecule has 1 heterocycles. The number of hydrogen-bond acceptors (Lipinski definition) is 7. The predicted octanol–water partition coefficient (Wildman–Crippen LogP) is 4.00. The zero-order valence-corrected chi connectivity index (χ0v) is 18.5. The van der Waals surface area contributed by atoms with Gasteiger partial charge in [0.15, 0.2) is 0 Å². The van der Waals surface area contributed by atoms with Crippen molar-refractivity contribution in [3.05, 3.63) is 58.1 Å². The molecule has 1 N–H and O–H groups in total. The third kappa shape index (κ3) is 5.02. The molecule has 3 rings (SSSR count). The summed E-state index contributed by atoms with van der Waals surface area (Å²) in [6.45, 7) is 3.72. The van der Waals surface area contributed by atoms with Crippen LogP contribution in [-0.4, -0.2) is 43.1 Å². The van der Waals surface area contributed by atoms with E-state index in [1.165, 1.54) is 22.7 Å². The minimum absolute atomic E-state index is 0.158. The first-order valence-corrected chi connectivity index (χ1v) is 11.4. The van der Waals surface area contributed by atoms with Crippen LogP contribution in [0.4, 0.5) is 11.4 Å². The second-order valence-electron chi connectivity index (χ2n) is 7.54. The second kappa shape index (κ2) is 9.44. The second-order valence-corrected chi connectivity index (χ2v) is 9.36. The maximum atomic E-state index is 13.5. The van der Waals surface area contributed by atoms with Gasteiger partial charge >= 0.3 is 0 Å². The highest BCUT2D eigenvalue weighted by Crippen LogP contribution is 2.34. The first kappa shape index (κ1) is 22.7. The van der Waals surface area contributed by atoms with Crippen LogP contribution >= 0.6 is 0 Å². The standard InChI is InChI=1S/C21H26N4O5S/c1-15-5-4-6-16(2)24(15)31(28,29)21-13-18(25(26)27)9-12-20(21)23-22-14-17-7-10-19(30-3)11-8-17/h7-16,23H,4-6H2,1-3H3/b22-14-/t15-,16+. The monoisotopic (exact) mass is 446 g/mol. The van der Waals surface area contributed by atoms with Crippen molar-refractivity contribution in [3.63, 3.8) is 0 Å². The summed E-state index contributed by atoms with van der Waals surface area (Å²) in [5, 5.41) is 15.4. The normalized spacial score (nSPS) is 20.0. The molecule has 2 aromatic rings. The van der Waals surface area contributed by atoms with Crippen molar-refractivity contribution in [2.24, 2.45) is 5.10 Å². The van der Waals surface area contributed by atoms with Gasteiger partial charge in [-0.3, -0.25) is 15.5 Å². The van der Waals surface area contributed by atoms with Gasteiger partial charge < -0.3 is 4.74 Å². The summed E-state index contributed by atoms with van der Waals surface area (Å²) in [7, 11) is -2.40. The highest BCUT2D eigenvalue weighted by atomic mass is 32.2. The lowest BCUT2D eigenvalue weighted by molar-refractivity contribution is -0.385. The minimum Gasteiger partial charge on any atom is -0.497 e. The summed E-state index contributed by atoms with van der Waals surface area (Å²) in [6.07, 6.45) is 3.97. The Kier molecular flexibility index (Phi) is 6.91. The maximum absolute atomic E-state index is 13.5. The number of ether oxygens (including phenoxy) is 1. The van der Waals surface area contributed by atoms with E-state index in [0.29, 0.717) is 5.75 Å². The zero-order valence-electron chi connectivity index (χ0n) is 17.7. The smallest absolute Gasteiger partial charge is 0.270 e. The van der Waals surface area contributed by atoms with Crippen molar-refractivity contribution in [1.82, 2.24) is 4.31 Å². The van der Waals surface area contributed by atoms with E-state index in [9.17, 15) is 18.5 Å². The SMILES string of the molecule is COc1ccc(/C=N\Nc2ccc([N+](=O)[O-])cc2S(=O)(=O)N2[C@H](C)CCC[C@@H]2C)cc1. The summed E-state index contributed by atoms with van der Waals surface area (Å²) in [5.41, 5.74) is 3.41. The quantitative estimate of drug-likeness (QED) is 0.391. The van der Waals surface area contributed by atoms with E-state index in [0.717, 1.165) is 30.9 Å². The van der Waals surface area contributed by atoms with Crippen LogP contribution in [-0.2, 0) is 10.0 Å². The molecule has 166 valence electrons. The van der Waals surface area contributed by atoms with Crippen LogP contribution in [0.3, 0.4) is 0 Å². The van der Waals surface area contributed by atoms with Crippen LogP contribution in [0.1, 0.15) is 38.7 Å². The van der Waals surface area contributed by atoms with Gasteiger partial charge in [0.2, 0.25) is 10.0 Å². The van der Waals surface area contributed by atoms with Crippen LogP contribution in [0.15, 0.2) is 52.5 Å². The molecular weight excluding hydrogens is 420 g/mol. The molecule has 0 bridgehead atoms. The van der Waals surface area contributed by atoms with E-state index in [1.807, 2.05) is 13.8 Å². The molecule has 10 heteroatoms. The van der Waals surface area contributed by atoms with E-state index >= 15 is 0 Å². The Morgan fingerprint density at radius 1 is 1.16 bits per heavy atom. The van der Waals surface area contributed by atoms with Crippen molar-refractivity contribution >= 4 is 27.6 Å². The molecular formula is C21H26N4O5S. The van der Waals surface area contributed by atoms with Crippen molar-refractivity contribution in [2.45, 2.75) is 50.1 Å². The fourth-order valence-corrected chi connectivity index (χ4v) is 5.83. The number of sulfonamides is 1. The van der Waals surface area contributed by atoms with Crippen LogP contribution < -0.4 is 10.2 Å². The van der Waals surface area contributed by atoms with Crippen molar-refractivity contribution in [1.29, 1.82) is 0 Å². The average molecular weight is 447 g/mol. The molecule has 0 amide bonds. The highest BCUT2D eigenvalue weighted by molar-refractivity contribution is 7.89. The molecule has 0 aromatic heterocycles. The molecule has 0 radical (unpaired) electrons. The molecule has 2 atom stereocenters. The Morgan fingerprint density at radius 3 is 2.39 bits per heavy atom. The molecule has 1 fully saturated rings. The molecule has 2 aromatic carbocycles. The number of hydrazone groups is 1. The van der Waals surface area contributed by atoms with Crippen LogP contribution in [0, 0.1) is 10.1 Å². The minimum atomic E-state index is -3.98. The summed E-state index contributed by atoms with van der Waals surface area (Å²) in [6, 6.07) is 10.5. The summed E-state index contributed by atoms with van der Waals surface area (Å²) in [5.74, 6) is 0.707. The third-order valence-electron chi connectivity index (χ3n) is 5.36. The first-order chi connectivity index (χ1) is 14.7. The predicted molar refractivity (Wildman–Crippen MR) is 119 cm³/mol. The molecule has 0 unspecified atom stereocenters. The number of nitrogens with zero attached hydrogens (tertiary/aromatic N) is 3. The third-order valence-corrected chi connectivity index (χ3v) is 7.53. The fraction of sp³-hybridized carbons (Fsp3) is 0.381. The molecule has 0 spiro atoms. The van der Waals surface area contributed by atoms with E-state index in [1.54, 1.807) is 31.4 Å². The Balaban J connectivity index is 1.95. The average Bonchev–Trinajstić information content (AvgIpc) is 2.74. The number of rotatable bonds is 7. The summed E-state index contributed by atoms with van der Waals surface area (Å²) >= 11 is 0. The van der Waals surface area contributed by atoms with E-state index < -0.39 is 14.9 Å². The molecule has 0 saturated carbocycles. The van der Waals surface area contributed by atoms with Gasteiger partial charge in [0.05, 0.1) is 23.9 Å². The van der Waals surface area contributed by atoms with E-state index in [2.05, 4.69) is 10.5 Å². The van der Waals surface area contributed by atoms with Crippen molar-refractivity contribution < 1.29 is 18.1 Å². The van der Waals surface area contributed by atoms with Gasteiger partial charge in [-0.05, 0) is 62.6 Å². The van der Waals surface area contributed by atoms with Gasteiger partial charge in [0, 0.05) is 24.2 Å². The largest absolute Gasteiger partial charge is 0.497 e. The number of methoxy groups -OCH3 is 1. The molecule has 31 heavy (non-hydrogen) atoms. The molecule has 1 saturated heterocycles. The molecule has 9 nitrogen and oxygen atoms in total. The number of hydrogen-bond donors (Lipinski definition) is 1. The number of nitro benzene ring substituents is 1. The highest BCUT2D eigenvalue weighted by Gasteiger charge is 2.37. The first-order valence-electron chi connectivity index (χ1n) is 9.99. The fourth-order valence-electron chi connectivity index (χ4n) is 3.78. The lowest BCUT2D eigenvalue weighted by atomic mass is 10.0. The zero-order chi connectivity index (χ0) is 22.6. The topological polar surface area (TPSA) is 114 Å². The maximum Gasteiger partial charge on any atom is 0.270 e. The van der Waals surface area contributed by atoms with Crippen LogP contribution in [0.2, 0.25) is 0 Å². The number of non-ortho nitro benzene ring substituents is 1. The van der Waals surface area contributed by atoms with Crippen molar-refractivity contribution in [2.75, 3.05) is 12.5 Å². The Morgan fingerprint density at radius 2 is 1.81 bits per heavy atom. The number of nitrogens with one attached hydrogen (secondary N) is 1. The number of piperidine rings is 1. The van der Waals surface area contributed by atoms with Crippen molar-refractivity contribution in [3.8, 4) is 5.75 Å². The van der Waals surface area contributed by atoms with E-state index in [-0.39, 0.29) is 28.4 Å². The number of benzene rings is 2. The van der Waals surface area contributed by atoms with Gasteiger partial charge in [-0.1, -0.05) is 6.42 Å². The van der Waals surface area contributed by atoms with Gasteiger partial charge in [-0.2, -0.15) is 9.41 Å². The summed E-state index contributed by atoms with van der Waals surface area (Å²) in [4.78, 5) is 10.5. The van der Waals surface area contributed by atoms with Gasteiger partial charge in [0.1, 0.15) is 10.6 Å². The van der Waals surface area contributed by atoms with Crippen LogP contribution in [0.5, 0.6) is 5.75 Å². The molecule has 0 aliphatic carbocycles. The lowest BCUT2D eigenvalue weighted by Crippen LogP contribution is -2.47. The Bertz CT molecular complexity index is 1060. The number of nitro groups is 1. The Hall–Kier alpha value is -2.98. The molecule has 1 aliphatic rings. The van der Waals surface area contributed by atoms with Gasteiger partial charge in [0.25, 0.3) is 5.69 Å². The van der Waals surface area contributed by atoms with Crippen LogP contribution in [0.25, 0.3) is 0 Å². The number of anilines is 1.